The van der Waals surface area contributed by atoms with Gasteiger partial charge in [0.25, 0.3) is 5.69 Å². The maximum Gasteiger partial charge on any atom is 0.273 e. The molecule has 0 saturated carbocycles. The Morgan fingerprint density at radius 1 is 1.35 bits per heavy atom. The van der Waals surface area contributed by atoms with Crippen LogP contribution in [-0.4, -0.2) is 11.0 Å². The van der Waals surface area contributed by atoms with Gasteiger partial charge in [-0.1, -0.05) is 38.5 Å². The number of para-hydroxylation sites is 1. The van der Waals surface area contributed by atoms with Crippen molar-refractivity contribution >= 4 is 5.69 Å². The molecule has 94 valence electrons. The fraction of sp³-hybridized carbons (Fsp3) is 0.538. The van der Waals surface area contributed by atoms with Crippen molar-refractivity contribution < 1.29 is 4.92 Å². The molecule has 17 heavy (non-hydrogen) atoms. The van der Waals surface area contributed by atoms with Crippen LogP contribution in [-0.2, 0) is 6.54 Å². The first-order chi connectivity index (χ1) is 8.19. The van der Waals surface area contributed by atoms with E-state index in [-0.39, 0.29) is 10.6 Å². The first-order valence-electron chi connectivity index (χ1n) is 6.14. The van der Waals surface area contributed by atoms with Crippen LogP contribution in [0.3, 0.4) is 0 Å². The lowest BCUT2D eigenvalue weighted by atomic mass is 10.1. The molecule has 0 aliphatic heterocycles. The molecule has 0 saturated heterocycles. The van der Waals surface area contributed by atoms with Gasteiger partial charge in [-0.2, -0.15) is 0 Å². The zero-order valence-corrected chi connectivity index (χ0v) is 10.5. The molecule has 0 aliphatic rings. The Balaban J connectivity index is 2.65. The molecule has 0 amide bonds. The van der Waals surface area contributed by atoms with Gasteiger partial charge in [-0.25, -0.2) is 0 Å². The smallest absolute Gasteiger partial charge is 0.273 e. The molecule has 1 aromatic rings. The third-order valence-electron chi connectivity index (χ3n) is 2.90. The quantitative estimate of drug-likeness (QED) is 0.584. The van der Waals surface area contributed by atoms with Gasteiger partial charge < -0.3 is 5.32 Å². The lowest BCUT2D eigenvalue weighted by molar-refractivity contribution is -0.385. The van der Waals surface area contributed by atoms with Gasteiger partial charge in [-0.05, 0) is 12.8 Å². The monoisotopic (exact) mass is 236 g/mol. The van der Waals surface area contributed by atoms with E-state index in [0.717, 1.165) is 24.8 Å². The lowest BCUT2D eigenvalue weighted by Gasteiger charge is -2.15. The summed E-state index contributed by atoms with van der Waals surface area (Å²) in [4.78, 5) is 10.5. The van der Waals surface area contributed by atoms with Crippen molar-refractivity contribution in [1.82, 2.24) is 5.32 Å². The van der Waals surface area contributed by atoms with Crippen LogP contribution >= 0.6 is 0 Å². The zero-order chi connectivity index (χ0) is 12.7. The van der Waals surface area contributed by atoms with Crippen molar-refractivity contribution in [3.05, 3.63) is 39.9 Å². The summed E-state index contributed by atoms with van der Waals surface area (Å²) in [6, 6.07) is 7.34. The van der Waals surface area contributed by atoms with E-state index in [4.69, 9.17) is 0 Å². The van der Waals surface area contributed by atoms with E-state index in [1.165, 1.54) is 0 Å². The minimum Gasteiger partial charge on any atom is -0.310 e. The van der Waals surface area contributed by atoms with E-state index in [0.29, 0.717) is 12.6 Å². The first kappa shape index (κ1) is 13.6. The van der Waals surface area contributed by atoms with Crippen LogP contribution < -0.4 is 5.32 Å². The Hall–Kier alpha value is -1.42. The first-order valence-corrected chi connectivity index (χ1v) is 6.14. The standard InChI is InChI=1S/C13H20N2O2/c1-3-7-12(4-2)14-10-11-8-5-6-9-13(11)15(16)17/h5-6,8-9,12,14H,3-4,7,10H2,1-2H3. The molecule has 0 heterocycles. The van der Waals surface area contributed by atoms with Gasteiger partial charge >= 0.3 is 0 Å². The van der Waals surface area contributed by atoms with Gasteiger partial charge in [0, 0.05) is 24.2 Å². The molecule has 1 rings (SSSR count). The molecule has 1 N–H and O–H groups in total. The Morgan fingerprint density at radius 3 is 2.65 bits per heavy atom. The van der Waals surface area contributed by atoms with Crippen molar-refractivity contribution in [2.75, 3.05) is 0 Å². The minimum atomic E-state index is -0.322. The highest BCUT2D eigenvalue weighted by Crippen LogP contribution is 2.17. The average molecular weight is 236 g/mol. The van der Waals surface area contributed by atoms with Gasteiger partial charge in [0.05, 0.1) is 4.92 Å². The predicted molar refractivity (Wildman–Crippen MR) is 68.9 cm³/mol. The summed E-state index contributed by atoms with van der Waals surface area (Å²) in [5, 5.41) is 14.2. The highest BCUT2D eigenvalue weighted by Gasteiger charge is 2.13. The molecule has 4 nitrogen and oxygen atoms in total. The third kappa shape index (κ3) is 4.15. The molecule has 0 aromatic heterocycles. The summed E-state index contributed by atoms with van der Waals surface area (Å²) in [6.45, 7) is 4.84. The molecule has 1 atom stereocenters. The number of hydrogen-bond donors (Lipinski definition) is 1. The second-order valence-corrected chi connectivity index (χ2v) is 4.16. The Morgan fingerprint density at radius 2 is 2.06 bits per heavy atom. The van der Waals surface area contributed by atoms with Gasteiger partial charge in [-0.15, -0.1) is 0 Å². The third-order valence-corrected chi connectivity index (χ3v) is 2.90. The summed E-state index contributed by atoms with van der Waals surface area (Å²) in [5.41, 5.74) is 0.957. The molecule has 0 aliphatic carbocycles. The van der Waals surface area contributed by atoms with Crippen molar-refractivity contribution in [1.29, 1.82) is 0 Å². The van der Waals surface area contributed by atoms with Crippen LogP contribution in [0.4, 0.5) is 5.69 Å². The number of nitrogens with zero attached hydrogens (tertiary/aromatic N) is 1. The molecule has 4 heteroatoms. The Labute approximate surface area is 102 Å². The summed E-state index contributed by atoms with van der Waals surface area (Å²) < 4.78 is 0. The number of nitrogens with one attached hydrogen (secondary N) is 1. The highest BCUT2D eigenvalue weighted by atomic mass is 16.6. The van der Waals surface area contributed by atoms with E-state index < -0.39 is 0 Å². The van der Waals surface area contributed by atoms with Crippen LogP contribution in [0, 0.1) is 10.1 Å². The van der Waals surface area contributed by atoms with Crippen molar-refractivity contribution in [2.24, 2.45) is 0 Å². The van der Waals surface area contributed by atoms with Crippen LogP contribution in [0.2, 0.25) is 0 Å². The Bertz CT molecular complexity index is 366. The number of hydrogen-bond acceptors (Lipinski definition) is 3. The van der Waals surface area contributed by atoms with E-state index in [9.17, 15) is 10.1 Å². The minimum absolute atomic E-state index is 0.200. The lowest BCUT2D eigenvalue weighted by Crippen LogP contribution is -2.27. The van der Waals surface area contributed by atoms with E-state index in [2.05, 4.69) is 19.2 Å². The molecule has 0 spiro atoms. The van der Waals surface area contributed by atoms with Crippen molar-refractivity contribution in [3.8, 4) is 0 Å². The molecule has 0 fully saturated rings. The fourth-order valence-corrected chi connectivity index (χ4v) is 1.89. The topological polar surface area (TPSA) is 55.2 Å². The van der Waals surface area contributed by atoms with Crippen molar-refractivity contribution in [2.45, 2.75) is 45.7 Å². The zero-order valence-electron chi connectivity index (χ0n) is 10.5. The number of nitro groups is 1. The maximum atomic E-state index is 10.8. The average Bonchev–Trinajstić information content (AvgIpc) is 2.34. The van der Waals surface area contributed by atoms with E-state index in [1.54, 1.807) is 12.1 Å². The molecular formula is C13H20N2O2. The van der Waals surface area contributed by atoms with Crippen LogP contribution in [0.25, 0.3) is 0 Å². The highest BCUT2D eigenvalue weighted by molar-refractivity contribution is 5.39. The molecule has 0 bridgehead atoms. The van der Waals surface area contributed by atoms with Crippen LogP contribution in [0.5, 0.6) is 0 Å². The SMILES string of the molecule is CCCC(CC)NCc1ccccc1[N+](=O)[O-]. The van der Waals surface area contributed by atoms with Gasteiger partial charge in [0.2, 0.25) is 0 Å². The fourth-order valence-electron chi connectivity index (χ4n) is 1.89. The molecule has 1 aromatic carbocycles. The number of rotatable bonds is 7. The van der Waals surface area contributed by atoms with Gasteiger partial charge in [-0.3, -0.25) is 10.1 Å². The Kier molecular flexibility index (Phi) is 5.63. The molecule has 1 unspecified atom stereocenters. The summed E-state index contributed by atoms with van der Waals surface area (Å²) in [6.07, 6.45) is 3.29. The maximum absolute atomic E-state index is 10.8. The van der Waals surface area contributed by atoms with E-state index in [1.807, 2.05) is 12.1 Å². The van der Waals surface area contributed by atoms with Crippen LogP contribution in [0.1, 0.15) is 38.7 Å². The van der Waals surface area contributed by atoms with Crippen molar-refractivity contribution in [3.63, 3.8) is 0 Å². The summed E-state index contributed by atoms with van der Waals surface area (Å²) in [5.74, 6) is 0. The van der Waals surface area contributed by atoms with E-state index >= 15 is 0 Å². The van der Waals surface area contributed by atoms with Gasteiger partial charge in [0.1, 0.15) is 0 Å². The second kappa shape index (κ2) is 7.01. The largest absolute Gasteiger partial charge is 0.310 e. The summed E-state index contributed by atoms with van der Waals surface area (Å²) in [7, 11) is 0. The van der Waals surface area contributed by atoms with Gasteiger partial charge in [0.15, 0.2) is 0 Å². The number of nitro benzene ring substituents is 1. The normalized spacial score (nSPS) is 12.4. The summed E-state index contributed by atoms with van der Waals surface area (Å²) >= 11 is 0. The second-order valence-electron chi connectivity index (χ2n) is 4.16. The van der Waals surface area contributed by atoms with Crippen LogP contribution in [0.15, 0.2) is 24.3 Å². The number of benzene rings is 1. The molecular weight excluding hydrogens is 216 g/mol. The predicted octanol–water partition coefficient (Wildman–Crippen LogP) is 3.26. The molecule has 0 radical (unpaired) electrons.